The van der Waals surface area contributed by atoms with Gasteiger partial charge < -0.3 is 33.9 Å². The first kappa shape index (κ1) is 34.6. The van der Waals surface area contributed by atoms with Gasteiger partial charge in [0, 0.05) is 14.2 Å². The summed E-state index contributed by atoms with van der Waals surface area (Å²) < 4.78 is 40.1. The van der Waals surface area contributed by atoms with Crippen molar-refractivity contribution in [3.63, 3.8) is 0 Å². The van der Waals surface area contributed by atoms with E-state index in [1.165, 1.54) is 13.8 Å². The molecule has 1 aliphatic rings. The van der Waals surface area contributed by atoms with Gasteiger partial charge in [-0.3, -0.25) is 9.59 Å². The Morgan fingerprint density at radius 1 is 0.796 bits per heavy atom. The van der Waals surface area contributed by atoms with Crippen molar-refractivity contribution in [3.8, 4) is 5.75 Å². The molecule has 0 bridgehead atoms. The van der Waals surface area contributed by atoms with Gasteiger partial charge in [-0.05, 0) is 41.3 Å². The molecule has 1 fully saturated rings. The van der Waals surface area contributed by atoms with Crippen molar-refractivity contribution >= 4 is 11.6 Å². The van der Waals surface area contributed by atoms with Gasteiger partial charge in [0.2, 0.25) is 0 Å². The minimum absolute atomic E-state index is 0.0112. The fourth-order valence-electron chi connectivity index (χ4n) is 6.15. The summed E-state index contributed by atoms with van der Waals surface area (Å²) in [4.78, 5) is 27.0. The van der Waals surface area contributed by atoms with E-state index in [-0.39, 0.29) is 26.2 Å². The summed E-state index contributed by atoms with van der Waals surface area (Å²) in [6, 6.07) is 34.8. The van der Waals surface area contributed by atoms with Crippen LogP contribution in [0, 0.1) is 0 Å². The minimum atomic E-state index is -2.90. The SMILES string of the molecule is [2H]C(C)C(=O)C1(O)O[C@H](C(O)C(C)=O)[C@H](OCc2ccccc2)[C@H](OCc2ccccc2)[C@@]1(Cc1ccccc1)OCc1ccc(OC)cc1. The van der Waals surface area contributed by atoms with Crippen molar-refractivity contribution < 1.29 is 44.9 Å². The summed E-state index contributed by atoms with van der Waals surface area (Å²) >= 11 is 0. The zero-order valence-electron chi connectivity index (χ0n) is 28.9. The summed E-state index contributed by atoms with van der Waals surface area (Å²) in [7, 11) is 1.56. The number of carbonyl (C=O) groups is 2. The van der Waals surface area contributed by atoms with Crippen molar-refractivity contribution in [2.24, 2.45) is 0 Å². The summed E-state index contributed by atoms with van der Waals surface area (Å²) in [5.74, 6) is -3.97. The lowest BCUT2D eigenvalue weighted by atomic mass is 9.72. The van der Waals surface area contributed by atoms with Gasteiger partial charge in [0.15, 0.2) is 17.2 Å². The number of carbonyl (C=O) groups excluding carboxylic acids is 2. The second-order valence-corrected chi connectivity index (χ2v) is 12.1. The van der Waals surface area contributed by atoms with Gasteiger partial charge in [-0.15, -0.1) is 0 Å². The number of rotatable bonds is 16. The van der Waals surface area contributed by atoms with Crippen LogP contribution in [0.4, 0.5) is 0 Å². The number of Topliss-reactive ketones (excluding diaryl/α,β-unsaturated/α-hetero) is 2. The maximum absolute atomic E-state index is 14.2. The van der Waals surface area contributed by atoms with E-state index in [1.807, 2.05) is 91.0 Å². The molecule has 4 aromatic rings. The van der Waals surface area contributed by atoms with Gasteiger partial charge in [0.1, 0.15) is 30.2 Å². The Bertz CT molecular complexity index is 1670. The van der Waals surface area contributed by atoms with Crippen molar-refractivity contribution in [2.75, 3.05) is 7.11 Å². The molecule has 258 valence electrons. The van der Waals surface area contributed by atoms with E-state index in [9.17, 15) is 19.8 Å². The van der Waals surface area contributed by atoms with E-state index >= 15 is 0 Å². The first-order valence-corrected chi connectivity index (χ1v) is 16.2. The number of methoxy groups -OCH3 is 1. The predicted octanol–water partition coefficient (Wildman–Crippen LogP) is 5.38. The van der Waals surface area contributed by atoms with Crippen LogP contribution >= 0.6 is 0 Å². The molecular formula is C40H44O9. The molecule has 1 saturated heterocycles. The predicted molar refractivity (Wildman–Crippen MR) is 183 cm³/mol. The lowest BCUT2D eigenvalue weighted by Crippen LogP contribution is -2.78. The number of ether oxygens (including phenoxy) is 5. The van der Waals surface area contributed by atoms with E-state index in [1.54, 1.807) is 31.4 Å². The van der Waals surface area contributed by atoms with Gasteiger partial charge >= 0.3 is 0 Å². The Morgan fingerprint density at radius 3 is 1.82 bits per heavy atom. The second kappa shape index (κ2) is 16.5. The highest BCUT2D eigenvalue weighted by atomic mass is 16.7. The zero-order valence-corrected chi connectivity index (χ0v) is 27.9. The van der Waals surface area contributed by atoms with Crippen LogP contribution in [0.2, 0.25) is 0 Å². The fraction of sp³-hybridized carbons (Fsp3) is 0.350. The molecule has 0 saturated carbocycles. The molecule has 4 aromatic carbocycles. The van der Waals surface area contributed by atoms with E-state index in [0.717, 1.165) is 11.1 Å². The smallest absolute Gasteiger partial charge is 0.260 e. The molecule has 1 aliphatic heterocycles. The third-order valence-electron chi connectivity index (χ3n) is 8.81. The molecule has 0 radical (unpaired) electrons. The molecule has 7 atom stereocenters. The molecule has 9 nitrogen and oxygen atoms in total. The molecule has 5 rings (SSSR count). The highest BCUT2D eigenvalue weighted by molar-refractivity contribution is 5.87. The maximum Gasteiger partial charge on any atom is 0.260 e. The van der Waals surface area contributed by atoms with Crippen LogP contribution in [0.5, 0.6) is 5.75 Å². The molecule has 0 aromatic heterocycles. The topological polar surface area (TPSA) is 121 Å². The quantitative estimate of drug-likeness (QED) is 0.162. The minimum Gasteiger partial charge on any atom is -0.497 e. The van der Waals surface area contributed by atoms with Crippen LogP contribution in [-0.4, -0.2) is 64.7 Å². The Hall–Kier alpha value is -4.22. The first-order chi connectivity index (χ1) is 24.1. The van der Waals surface area contributed by atoms with Crippen LogP contribution in [0.1, 0.15) is 43.9 Å². The Balaban J connectivity index is 1.72. The Morgan fingerprint density at radius 2 is 1.31 bits per heavy atom. The monoisotopic (exact) mass is 669 g/mol. The molecule has 49 heavy (non-hydrogen) atoms. The van der Waals surface area contributed by atoms with Crippen LogP contribution in [0.3, 0.4) is 0 Å². The van der Waals surface area contributed by atoms with Gasteiger partial charge in [-0.1, -0.05) is 110 Å². The van der Waals surface area contributed by atoms with Crippen molar-refractivity contribution in [1.29, 1.82) is 0 Å². The normalized spacial score (nSPS) is 25.2. The number of ketones is 2. The molecule has 0 amide bonds. The number of aliphatic hydroxyl groups is 2. The van der Waals surface area contributed by atoms with E-state index < -0.39 is 53.8 Å². The number of hydrogen-bond acceptors (Lipinski definition) is 9. The average Bonchev–Trinajstić information content (AvgIpc) is 3.14. The van der Waals surface area contributed by atoms with Crippen molar-refractivity contribution in [1.82, 2.24) is 0 Å². The standard InChI is InChI=1S/C40H44O9/c1-4-34(42)40(44)39(24-29-14-8-5-9-15-29,48-27-32-20-22-33(45-3)23-21-32)38(47-26-31-18-12-7-13-19-31)37(36(49-40)35(43)28(2)41)46-25-30-16-10-6-11-17-30/h5-23,35-38,43-44H,4,24-27H2,1-3H3/t35?,36-,37+,38+,39-,40?/m1/s1/i4D/t4?,35?,36-,37+,38+,39-,40?. The van der Waals surface area contributed by atoms with Crippen LogP contribution in [0.25, 0.3) is 0 Å². The number of benzene rings is 4. The van der Waals surface area contributed by atoms with Crippen LogP contribution < -0.4 is 4.74 Å². The van der Waals surface area contributed by atoms with Gasteiger partial charge in [0.25, 0.3) is 5.79 Å². The first-order valence-electron chi connectivity index (χ1n) is 16.8. The van der Waals surface area contributed by atoms with Crippen molar-refractivity contribution in [3.05, 3.63) is 138 Å². The Labute approximate surface area is 288 Å². The van der Waals surface area contributed by atoms with E-state index in [0.29, 0.717) is 16.9 Å². The van der Waals surface area contributed by atoms with Gasteiger partial charge in [0.05, 0.1) is 26.9 Å². The molecule has 2 N–H and O–H groups in total. The molecule has 3 unspecified atom stereocenters. The lowest BCUT2D eigenvalue weighted by molar-refractivity contribution is -0.395. The van der Waals surface area contributed by atoms with Crippen LogP contribution in [0.15, 0.2) is 115 Å². The van der Waals surface area contributed by atoms with E-state index in [2.05, 4.69) is 0 Å². The molecule has 0 spiro atoms. The number of aliphatic hydroxyl groups excluding tert-OH is 1. The van der Waals surface area contributed by atoms with Gasteiger partial charge in [-0.2, -0.15) is 0 Å². The highest BCUT2D eigenvalue weighted by Gasteiger charge is 2.70. The summed E-state index contributed by atoms with van der Waals surface area (Å²) in [6.07, 6.45) is -7.64. The molecule has 0 aliphatic carbocycles. The summed E-state index contributed by atoms with van der Waals surface area (Å²) in [5, 5.41) is 24.2. The summed E-state index contributed by atoms with van der Waals surface area (Å²) in [6.45, 7) is 2.38. The van der Waals surface area contributed by atoms with E-state index in [4.69, 9.17) is 25.1 Å². The van der Waals surface area contributed by atoms with Crippen molar-refractivity contribution in [2.45, 2.75) is 82.3 Å². The third kappa shape index (κ3) is 8.16. The third-order valence-corrected chi connectivity index (χ3v) is 8.81. The molecular weight excluding hydrogens is 624 g/mol. The second-order valence-electron chi connectivity index (χ2n) is 12.1. The lowest BCUT2D eigenvalue weighted by Gasteiger charge is -2.57. The highest BCUT2D eigenvalue weighted by Crippen LogP contribution is 2.47. The van der Waals surface area contributed by atoms with Crippen LogP contribution in [-0.2, 0) is 54.8 Å². The largest absolute Gasteiger partial charge is 0.497 e. The zero-order chi connectivity index (χ0) is 35.7. The molecule has 9 heteroatoms. The average molecular weight is 670 g/mol. The summed E-state index contributed by atoms with van der Waals surface area (Å²) in [5.41, 5.74) is 0.827. The maximum atomic E-state index is 14.2. The molecule has 1 heterocycles. The Kier molecular flexibility index (Phi) is 11.6. The fourth-order valence-corrected chi connectivity index (χ4v) is 6.15. The number of hydrogen-bond donors (Lipinski definition) is 2. The van der Waals surface area contributed by atoms with Gasteiger partial charge in [-0.25, -0.2) is 0 Å².